The Hall–Kier alpha value is -3.35. The predicted molar refractivity (Wildman–Crippen MR) is 114 cm³/mol. The van der Waals surface area contributed by atoms with Crippen molar-refractivity contribution in [2.24, 2.45) is 11.7 Å². The Morgan fingerprint density at radius 2 is 1.50 bits per heavy atom. The lowest BCUT2D eigenvalue weighted by atomic mass is 9.97. The van der Waals surface area contributed by atoms with E-state index in [9.17, 15) is 14.4 Å². The van der Waals surface area contributed by atoms with Gasteiger partial charge in [0.2, 0.25) is 11.8 Å². The molecule has 0 aliphatic heterocycles. The molecule has 0 fully saturated rings. The number of nitrogens with two attached hydrogens (primary N) is 1. The highest BCUT2D eigenvalue weighted by atomic mass is 16.5. The van der Waals surface area contributed by atoms with Crippen molar-refractivity contribution in [3.8, 4) is 0 Å². The maximum Gasteiger partial charge on any atom is 0.408 e. The molecule has 0 aromatic heterocycles. The molecule has 0 saturated heterocycles. The van der Waals surface area contributed by atoms with Crippen molar-refractivity contribution < 1.29 is 19.1 Å². The van der Waals surface area contributed by atoms with Crippen LogP contribution in [0.1, 0.15) is 31.4 Å². The summed E-state index contributed by atoms with van der Waals surface area (Å²) in [5.41, 5.74) is 7.16. The van der Waals surface area contributed by atoms with E-state index >= 15 is 0 Å². The first-order valence-electron chi connectivity index (χ1n) is 10.0. The van der Waals surface area contributed by atoms with E-state index in [1.54, 1.807) is 0 Å². The van der Waals surface area contributed by atoms with Crippen molar-refractivity contribution in [1.29, 1.82) is 0 Å². The molecule has 2 aromatic rings. The third-order valence-corrected chi connectivity index (χ3v) is 4.92. The van der Waals surface area contributed by atoms with Crippen LogP contribution in [0.15, 0.2) is 60.7 Å². The average Bonchev–Trinajstić information content (AvgIpc) is 2.76. The number of hydrogen-bond donors (Lipinski definition) is 3. The highest BCUT2D eigenvalue weighted by Crippen LogP contribution is 2.10. The summed E-state index contributed by atoms with van der Waals surface area (Å²) in [4.78, 5) is 37.0. The molecule has 7 heteroatoms. The van der Waals surface area contributed by atoms with Gasteiger partial charge in [-0.2, -0.15) is 0 Å². The molecular formula is C23H29N3O4. The normalized spacial score (nSPS) is 13.5. The summed E-state index contributed by atoms with van der Waals surface area (Å²) in [5.74, 6) is -1.23. The summed E-state index contributed by atoms with van der Waals surface area (Å²) in [6.07, 6.45) is 0.206. The predicted octanol–water partition coefficient (Wildman–Crippen LogP) is 2.54. The van der Waals surface area contributed by atoms with E-state index in [0.717, 1.165) is 11.1 Å². The second kappa shape index (κ2) is 11.6. The van der Waals surface area contributed by atoms with Gasteiger partial charge in [-0.05, 0) is 17.0 Å². The molecule has 0 aliphatic rings. The van der Waals surface area contributed by atoms with Gasteiger partial charge in [0, 0.05) is 6.42 Å². The molecule has 0 bridgehead atoms. The molecule has 2 aromatic carbocycles. The molecule has 0 spiro atoms. The summed E-state index contributed by atoms with van der Waals surface area (Å²) in [5, 5.41) is 5.29. The average molecular weight is 412 g/mol. The van der Waals surface area contributed by atoms with E-state index in [-0.39, 0.29) is 18.9 Å². The number of rotatable bonds is 10. The number of amides is 3. The lowest BCUT2D eigenvalue weighted by molar-refractivity contribution is -0.129. The Balaban J connectivity index is 2.08. The lowest BCUT2D eigenvalue weighted by Gasteiger charge is -2.25. The van der Waals surface area contributed by atoms with Crippen LogP contribution in [0.4, 0.5) is 4.79 Å². The van der Waals surface area contributed by atoms with Gasteiger partial charge in [0.1, 0.15) is 18.7 Å². The third kappa shape index (κ3) is 7.24. The van der Waals surface area contributed by atoms with E-state index in [4.69, 9.17) is 10.5 Å². The van der Waals surface area contributed by atoms with Gasteiger partial charge in [-0.25, -0.2) is 4.79 Å². The van der Waals surface area contributed by atoms with Gasteiger partial charge in [0.25, 0.3) is 0 Å². The Labute approximate surface area is 177 Å². The Morgan fingerprint density at radius 1 is 0.933 bits per heavy atom. The minimum Gasteiger partial charge on any atom is -0.445 e. The summed E-state index contributed by atoms with van der Waals surface area (Å²) >= 11 is 0. The maximum atomic E-state index is 12.9. The van der Waals surface area contributed by atoms with E-state index in [1.807, 2.05) is 74.5 Å². The minimum absolute atomic E-state index is 0.0864. The molecule has 0 heterocycles. The van der Waals surface area contributed by atoms with Gasteiger partial charge < -0.3 is 21.1 Å². The van der Waals surface area contributed by atoms with Crippen molar-refractivity contribution in [3.05, 3.63) is 71.8 Å². The Bertz CT molecular complexity index is 827. The van der Waals surface area contributed by atoms with Crippen LogP contribution in [-0.4, -0.2) is 30.0 Å². The van der Waals surface area contributed by atoms with E-state index in [0.29, 0.717) is 6.42 Å². The SMILES string of the molecule is CC[C@H](C)[C@@H](NC(=O)[C@@H](Cc1ccccc1)NC(=O)OCc1ccccc1)C(N)=O. The zero-order valence-electron chi connectivity index (χ0n) is 17.3. The molecule has 0 saturated carbocycles. The fourth-order valence-electron chi connectivity index (χ4n) is 2.95. The topological polar surface area (TPSA) is 111 Å². The first kappa shape index (κ1) is 22.9. The second-order valence-corrected chi connectivity index (χ2v) is 7.22. The minimum atomic E-state index is -0.915. The van der Waals surface area contributed by atoms with Gasteiger partial charge in [-0.15, -0.1) is 0 Å². The first-order chi connectivity index (χ1) is 14.4. The van der Waals surface area contributed by atoms with Gasteiger partial charge >= 0.3 is 6.09 Å². The summed E-state index contributed by atoms with van der Waals surface area (Å²) < 4.78 is 5.25. The standard InChI is InChI=1S/C23H29N3O4/c1-3-16(2)20(21(24)27)26-22(28)19(14-17-10-6-4-7-11-17)25-23(29)30-15-18-12-8-5-9-13-18/h4-13,16,19-20H,3,14-15H2,1-2H3,(H2,24,27)(H,25,29)(H,26,28)/t16-,19+,20+/m0/s1. The first-order valence-corrected chi connectivity index (χ1v) is 10.0. The zero-order chi connectivity index (χ0) is 21.9. The summed E-state index contributed by atoms with van der Waals surface area (Å²) in [6, 6.07) is 16.8. The molecule has 4 N–H and O–H groups in total. The monoisotopic (exact) mass is 411 g/mol. The molecule has 160 valence electrons. The van der Waals surface area contributed by atoms with Gasteiger partial charge in [0.05, 0.1) is 0 Å². The fraction of sp³-hybridized carbons (Fsp3) is 0.348. The van der Waals surface area contributed by atoms with Crippen molar-refractivity contribution in [2.45, 2.75) is 45.4 Å². The molecule has 0 unspecified atom stereocenters. The van der Waals surface area contributed by atoms with E-state index in [2.05, 4.69) is 10.6 Å². The number of carbonyl (C=O) groups excluding carboxylic acids is 3. The van der Waals surface area contributed by atoms with Crippen LogP contribution in [0.2, 0.25) is 0 Å². The zero-order valence-corrected chi connectivity index (χ0v) is 17.3. The van der Waals surface area contributed by atoms with E-state index < -0.39 is 30.0 Å². The van der Waals surface area contributed by atoms with Crippen LogP contribution in [0, 0.1) is 5.92 Å². The van der Waals surface area contributed by atoms with Crippen LogP contribution in [0.25, 0.3) is 0 Å². The van der Waals surface area contributed by atoms with Crippen LogP contribution < -0.4 is 16.4 Å². The van der Waals surface area contributed by atoms with Crippen LogP contribution in [-0.2, 0) is 27.4 Å². The number of nitrogens with one attached hydrogen (secondary N) is 2. The highest BCUT2D eigenvalue weighted by molar-refractivity contribution is 5.91. The van der Waals surface area contributed by atoms with Crippen molar-refractivity contribution in [1.82, 2.24) is 10.6 Å². The quantitative estimate of drug-likeness (QED) is 0.558. The Kier molecular flexibility index (Phi) is 8.87. The number of alkyl carbamates (subject to hydrolysis) is 1. The van der Waals surface area contributed by atoms with Gasteiger partial charge in [-0.3, -0.25) is 9.59 Å². The molecule has 0 aliphatic carbocycles. The summed E-state index contributed by atoms with van der Waals surface area (Å²) in [6.45, 7) is 3.83. The largest absolute Gasteiger partial charge is 0.445 e. The smallest absolute Gasteiger partial charge is 0.408 e. The fourth-order valence-corrected chi connectivity index (χ4v) is 2.95. The molecule has 30 heavy (non-hydrogen) atoms. The molecule has 7 nitrogen and oxygen atoms in total. The number of primary amides is 1. The lowest BCUT2D eigenvalue weighted by Crippen LogP contribution is -2.55. The third-order valence-electron chi connectivity index (χ3n) is 4.92. The molecular weight excluding hydrogens is 382 g/mol. The molecule has 2 rings (SSSR count). The number of carbonyl (C=O) groups is 3. The van der Waals surface area contributed by atoms with Crippen molar-refractivity contribution in [3.63, 3.8) is 0 Å². The number of benzene rings is 2. The van der Waals surface area contributed by atoms with Gasteiger partial charge in [0.15, 0.2) is 0 Å². The van der Waals surface area contributed by atoms with Crippen LogP contribution in [0.3, 0.4) is 0 Å². The number of ether oxygens (including phenoxy) is 1. The maximum absolute atomic E-state index is 12.9. The highest BCUT2D eigenvalue weighted by Gasteiger charge is 2.29. The van der Waals surface area contributed by atoms with Crippen LogP contribution >= 0.6 is 0 Å². The molecule has 0 radical (unpaired) electrons. The summed E-state index contributed by atoms with van der Waals surface area (Å²) in [7, 11) is 0. The van der Waals surface area contributed by atoms with Gasteiger partial charge in [-0.1, -0.05) is 80.9 Å². The molecule has 3 atom stereocenters. The van der Waals surface area contributed by atoms with Crippen molar-refractivity contribution >= 4 is 17.9 Å². The number of hydrogen-bond acceptors (Lipinski definition) is 4. The Morgan fingerprint density at radius 3 is 2.03 bits per heavy atom. The van der Waals surface area contributed by atoms with E-state index in [1.165, 1.54) is 0 Å². The molecule has 3 amide bonds. The van der Waals surface area contributed by atoms with Crippen LogP contribution in [0.5, 0.6) is 0 Å². The second-order valence-electron chi connectivity index (χ2n) is 7.22. The van der Waals surface area contributed by atoms with Crippen molar-refractivity contribution in [2.75, 3.05) is 0 Å².